The number of hydrogen-bond acceptors (Lipinski definition) is 5. The molecule has 0 aliphatic carbocycles. The molecule has 1 aromatic rings. The van der Waals surface area contributed by atoms with Crippen molar-refractivity contribution < 1.29 is 9.66 Å². The van der Waals surface area contributed by atoms with Gasteiger partial charge in [-0.1, -0.05) is 12.1 Å². The lowest BCUT2D eigenvalue weighted by atomic mass is 10.1. The molecule has 0 bridgehead atoms. The minimum Gasteiger partial charge on any atom is -0.381 e. The van der Waals surface area contributed by atoms with Gasteiger partial charge in [0.25, 0.3) is 5.69 Å². The molecule has 30 heavy (non-hydrogen) atoms. The Morgan fingerprint density at radius 2 is 1.90 bits per heavy atom. The van der Waals surface area contributed by atoms with Crippen LogP contribution in [0.25, 0.3) is 0 Å². The monoisotopic (exact) mass is 533 g/mol. The SMILES string of the molecule is CC(C)N(CCNC(=NCc1ccc([N+](=O)[O-])cc1)NCC1CCOC1)C(C)C.I. The molecule has 1 aliphatic heterocycles. The maximum Gasteiger partial charge on any atom is 0.269 e. The Bertz CT molecular complexity index is 653. The van der Waals surface area contributed by atoms with Gasteiger partial charge in [-0.3, -0.25) is 15.0 Å². The average Bonchev–Trinajstić information content (AvgIpc) is 3.19. The molecule has 2 N–H and O–H groups in total. The highest BCUT2D eigenvalue weighted by Crippen LogP contribution is 2.13. The van der Waals surface area contributed by atoms with Crippen molar-refractivity contribution in [3.8, 4) is 0 Å². The molecular weight excluding hydrogens is 497 g/mol. The van der Waals surface area contributed by atoms with E-state index in [4.69, 9.17) is 4.74 Å². The number of hydrogen-bond donors (Lipinski definition) is 2. The number of benzene rings is 1. The van der Waals surface area contributed by atoms with Crippen molar-refractivity contribution >= 4 is 35.6 Å². The second kappa shape index (κ2) is 13.8. The van der Waals surface area contributed by atoms with Crippen molar-refractivity contribution in [3.63, 3.8) is 0 Å². The van der Waals surface area contributed by atoms with Gasteiger partial charge in [0.05, 0.1) is 18.1 Å². The Hall–Kier alpha value is -1.46. The molecule has 1 aromatic carbocycles. The number of nitrogens with one attached hydrogen (secondary N) is 2. The van der Waals surface area contributed by atoms with Gasteiger partial charge < -0.3 is 15.4 Å². The second-order valence-corrected chi connectivity index (χ2v) is 8.05. The van der Waals surface area contributed by atoms with E-state index >= 15 is 0 Å². The molecule has 0 spiro atoms. The van der Waals surface area contributed by atoms with Gasteiger partial charge in [-0.15, -0.1) is 24.0 Å². The first-order valence-electron chi connectivity index (χ1n) is 10.5. The highest BCUT2D eigenvalue weighted by molar-refractivity contribution is 14.0. The molecule has 0 amide bonds. The Morgan fingerprint density at radius 1 is 1.23 bits per heavy atom. The van der Waals surface area contributed by atoms with Crippen LogP contribution in [-0.2, 0) is 11.3 Å². The smallest absolute Gasteiger partial charge is 0.269 e. The van der Waals surface area contributed by atoms with Gasteiger partial charge in [-0.05, 0) is 39.7 Å². The molecule has 2 rings (SSSR count). The lowest BCUT2D eigenvalue weighted by Gasteiger charge is -2.30. The summed E-state index contributed by atoms with van der Waals surface area (Å²) in [5.41, 5.74) is 1.03. The van der Waals surface area contributed by atoms with E-state index in [1.165, 1.54) is 12.1 Å². The van der Waals surface area contributed by atoms with Gasteiger partial charge in [-0.25, -0.2) is 4.99 Å². The Labute approximate surface area is 197 Å². The van der Waals surface area contributed by atoms with Crippen LogP contribution in [0.15, 0.2) is 29.3 Å². The summed E-state index contributed by atoms with van der Waals surface area (Å²) in [4.78, 5) is 17.5. The summed E-state index contributed by atoms with van der Waals surface area (Å²) in [6.07, 6.45) is 1.07. The van der Waals surface area contributed by atoms with Gasteiger partial charge in [0.15, 0.2) is 5.96 Å². The van der Waals surface area contributed by atoms with Crippen LogP contribution in [0.4, 0.5) is 5.69 Å². The first-order chi connectivity index (χ1) is 13.9. The number of nitrogens with zero attached hydrogens (tertiary/aromatic N) is 3. The molecule has 170 valence electrons. The Morgan fingerprint density at radius 3 is 2.43 bits per heavy atom. The van der Waals surface area contributed by atoms with Crippen molar-refractivity contribution in [1.82, 2.24) is 15.5 Å². The summed E-state index contributed by atoms with van der Waals surface area (Å²) >= 11 is 0. The zero-order valence-corrected chi connectivity index (χ0v) is 20.8. The fourth-order valence-corrected chi connectivity index (χ4v) is 3.47. The highest BCUT2D eigenvalue weighted by atomic mass is 127. The van der Waals surface area contributed by atoms with E-state index in [9.17, 15) is 10.1 Å². The third kappa shape index (κ3) is 9.13. The van der Waals surface area contributed by atoms with Crippen LogP contribution in [0.1, 0.15) is 39.7 Å². The molecule has 1 atom stereocenters. The van der Waals surface area contributed by atoms with Crippen LogP contribution < -0.4 is 10.6 Å². The fourth-order valence-electron chi connectivity index (χ4n) is 3.47. The number of rotatable bonds is 10. The molecular formula is C21H36IN5O3. The molecule has 0 radical (unpaired) electrons. The second-order valence-electron chi connectivity index (χ2n) is 8.05. The van der Waals surface area contributed by atoms with E-state index in [1.54, 1.807) is 12.1 Å². The summed E-state index contributed by atoms with van der Waals surface area (Å²) < 4.78 is 5.45. The third-order valence-corrected chi connectivity index (χ3v) is 5.14. The largest absolute Gasteiger partial charge is 0.381 e. The number of nitro benzene ring substituents is 1. The molecule has 1 saturated heterocycles. The zero-order chi connectivity index (χ0) is 21.2. The van der Waals surface area contributed by atoms with Crippen LogP contribution >= 0.6 is 24.0 Å². The maximum absolute atomic E-state index is 10.8. The Kier molecular flexibility index (Phi) is 12.2. The topological polar surface area (TPSA) is 92.0 Å². The van der Waals surface area contributed by atoms with E-state index in [-0.39, 0.29) is 34.6 Å². The van der Waals surface area contributed by atoms with Gasteiger partial charge >= 0.3 is 0 Å². The summed E-state index contributed by atoms with van der Waals surface area (Å²) in [6.45, 7) is 13.5. The number of aliphatic imine (C=N–C) groups is 1. The van der Waals surface area contributed by atoms with Gasteiger partial charge in [0.2, 0.25) is 0 Å². The molecule has 1 heterocycles. The van der Waals surface area contributed by atoms with Crippen LogP contribution in [0.3, 0.4) is 0 Å². The predicted molar refractivity (Wildman–Crippen MR) is 132 cm³/mol. The Balaban J connectivity index is 0.00000450. The summed E-state index contributed by atoms with van der Waals surface area (Å²) in [7, 11) is 0. The van der Waals surface area contributed by atoms with E-state index in [0.29, 0.717) is 24.5 Å². The lowest BCUT2D eigenvalue weighted by Crippen LogP contribution is -2.46. The summed E-state index contributed by atoms with van der Waals surface area (Å²) in [5, 5.41) is 17.7. The minimum atomic E-state index is -0.388. The van der Waals surface area contributed by atoms with Gasteiger partial charge in [0, 0.05) is 56.4 Å². The van der Waals surface area contributed by atoms with Crippen LogP contribution in [0.5, 0.6) is 0 Å². The molecule has 1 fully saturated rings. The first kappa shape index (κ1) is 26.6. The zero-order valence-electron chi connectivity index (χ0n) is 18.5. The van der Waals surface area contributed by atoms with E-state index < -0.39 is 0 Å². The number of ether oxygens (including phenoxy) is 1. The quantitative estimate of drug-likeness (QED) is 0.158. The third-order valence-electron chi connectivity index (χ3n) is 5.14. The molecule has 9 heteroatoms. The van der Waals surface area contributed by atoms with Crippen molar-refractivity contribution in [2.45, 2.75) is 52.7 Å². The molecule has 8 nitrogen and oxygen atoms in total. The lowest BCUT2D eigenvalue weighted by molar-refractivity contribution is -0.384. The molecule has 1 aliphatic rings. The molecule has 0 saturated carbocycles. The number of guanidine groups is 1. The van der Waals surface area contributed by atoms with Gasteiger partial charge in [0.1, 0.15) is 0 Å². The minimum absolute atomic E-state index is 0. The predicted octanol–water partition coefficient (Wildman–Crippen LogP) is 3.40. The number of nitro groups is 1. The van der Waals surface area contributed by atoms with Crippen molar-refractivity contribution in [2.75, 3.05) is 32.8 Å². The van der Waals surface area contributed by atoms with Gasteiger partial charge in [-0.2, -0.15) is 0 Å². The summed E-state index contributed by atoms with van der Waals surface area (Å²) in [5.74, 6) is 1.27. The van der Waals surface area contributed by atoms with Crippen LogP contribution in [0, 0.1) is 16.0 Å². The number of halogens is 1. The average molecular weight is 533 g/mol. The van der Waals surface area contributed by atoms with Crippen molar-refractivity contribution in [2.24, 2.45) is 10.9 Å². The van der Waals surface area contributed by atoms with Crippen LogP contribution in [-0.4, -0.2) is 60.7 Å². The van der Waals surface area contributed by atoms with E-state index in [0.717, 1.165) is 50.8 Å². The number of non-ortho nitro benzene ring substituents is 1. The normalized spacial score (nSPS) is 16.8. The van der Waals surface area contributed by atoms with E-state index in [1.807, 2.05) is 0 Å². The van der Waals surface area contributed by atoms with Crippen molar-refractivity contribution in [3.05, 3.63) is 39.9 Å². The molecule has 1 unspecified atom stereocenters. The molecule has 0 aromatic heterocycles. The van der Waals surface area contributed by atoms with E-state index in [2.05, 4.69) is 48.2 Å². The van der Waals surface area contributed by atoms with Crippen molar-refractivity contribution in [1.29, 1.82) is 0 Å². The van der Waals surface area contributed by atoms with Crippen LogP contribution in [0.2, 0.25) is 0 Å². The fraction of sp³-hybridized carbons (Fsp3) is 0.667. The highest BCUT2D eigenvalue weighted by Gasteiger charge is 2.16. The standard InChI is InChI=1S/C21H35N5O3.HI/c1-16(2)25(17(3)4)11-10-22-21(24-14-19-9-12-29-15-19)23-13-18-5-7-20(8-6-18)26(27)28;/h5-8,16-17,19H,9-15H2,1-4H3,(H2,22,23,24);1H. The summed E-state index contributed by atoms with van der Waals surface area (Å²) in [6, 6.07) is 7.52. The first-order valence-corrected chi connectivity index (χ1v) is 10.5. The maximum atomic E-state index is 10.8.